The number of fused-ring (bicyclic) bond motifs is 2. The Hall–Kier alpha value is -2.02. The van der Waals surface area contributed by atoms with E-state index in [2.05, 4.69) is 0 Å². The molecule has 0 radical (unpaired) electrons. The smallest absolute Gasteiger partial charge is 0.330 e. The third kappa shape index (κ3) is 2.88. The van der Waals surface area contributed by atoms with Crippen molar-refractivity contribution in [2.45, 2.75) is 43.5 Å². The maximum Gasteiger partial charge on any atom is 0.330 e. The van der Waals surface area contributed by atoms with Gasteiger partial charge in [0.05, 0.1) is 4.87 Å². The average molecular weight is 374 g/mol. The van der Waals surface area contributed by atoms with E-state index in [0.29, 0.717) is 18.7 Å². The van der Waals surface area contributed by atoms with Crippen LogP contribution in [0.1, 0.15) is 31.7 Å². The van der Waals surface area contributed by atoms with E-state index in [9.17, 15) is 14.4 Å². The van der Waals surface area contributed by atoms with Gasteiger partial charge in [0.1, 0.15) is 6.04 Å². The molecular weight excluding hydrogens is 352 g/mol. The summed E-state index contributed by atoms with van der Waals surface area (Å²) in [6, 6.07) is 7.24. The van der Waals surface area contributed by atoms with E-state index < -0.39 is 12.0 Å². The van der Waals surface area contributed by atoms with Crippen LogP contribution in [-0.4, -0.2) is 52.5 Å². The summed E-state index contributed by atoms with van der Waals surface area (Å²) in [6.45, 7) is 2.34. The number of ether oxygens (including phenoxy) is 1. The molecule has 3 aliphatic heterocycles. The largest absolute Gasteiger partial charge is 0.454 e. The molecule has 7 heteroatoms. The molecule has 4 rings (SSSR count). The predicted molar refractivity (Wildman–Crippen MR) is 98.8 cm³/mol. The number of amides is 2. The number of nitrogens with zero attached hydrogens (tertiary/aromatic N) is 2. The summed E-state index contributed by atoms with van der Waals surface area (Å²) in [5, 5.41) is 0. The van der Waals surface area contributed by atoms with Crippen molar-refractivity contribution in [2.75, 3.05) is 23.8 Å². The van der Waals surface area contributed by atoms with Crippen molar-refractivity contribution in [3.8, 4) is 0 Å². The summed E-state index contributed by atoms with van der Waals surface area (Å²) in [7, 11) is 0. The molecule has 3 heterocycles. The van der Waals surface area contributed by atoms with Crippen molar-refractivity contribution in [1.29, 1.82) is 0 Å². The minimum Gasteiger partial charge on any atom is -0.454 e. The highest BCUT2D eigenvalue weighted by atomic mass is 32.2. The Labute approximate surface area is 156 Å². The minimum absolute atomic E-state index is 0.00395. The number of benzene rings is 1. The molecule has 1 aromatic carbocycles. The number of carbonyl (C=O) groups is 3. The molecule has 0 aliphatic carbocycles. The first-order valence-corrected chi connectivity index (χ1v) is 9.99. The Morgan fingerprint density at radius 3 is 2.96 bits per heavy atom. The molecule has 3 aliphatic rings. The van der Waals surface area contributed by atoms with Crippen LogP contribution in [0.4, 0.5) is 5.69 Å². The topological polar surface area (TPSA) is 66.9 Å². The predicted octanol–water partition coefficient (Wildman–Crippen LogP) is 1.96. The Balaban J connectivity index is 1.40. The first-order chi connectivity index (χ1) is 12.5. The zero-order chi connectivity index (χ0) is 18.3. The van der Waals surface area contributed by atoms with Gasteiger partial charge in [0.2, 0.25) is 5.91 Å². The molecule has 0 N–H and O–H groups in total. The van der Waals surface area contributed by atoms with Crippen molar-refractivity contribution in [1.82, 2.24) is 4.90 Å². The molecule has 0 spiro atoms. The lowest BCUT2D eigenvalue weighted by Gasteiger charge is -2.30. The Bertz CT molecular complexity index is 768. The van der Waals surface area contributed by atoms with Gasteiger partial charge in [-0.1, -0.05) is 18.2 Å². The van der Waals surface area contributed by atoms with E-state index in [4.69, 9.17) is 4.74 Å². The summed E-state index contributed by atoms with van der Waals surface area (Å²) in [6.07, 6.45) is 3.08. The second-order valence-electron chi connectivity index (χ2n) is 7.15. The van der Waals surface area contributed by atoms with Crippen LogP contribution in [0.5, 0.6) is 0 Å². The van der Waals surface area contributed by atoms with Gasteiger partial charge in [0.25, 0.3) is 5.91 Å². The zero-order valence-corrected chi connectivity index (χ0v) is 15.6. The van der Waals surface area contributed by atoms with Crippen molar-refractivity contribution in [3.05, 3.63) is 29.8 Å². The molecule has 26 heavy (non-hydrogen) atoms. The molecular formula is C19H22N2O4S. The average Bonchev–Trinajstić information content (AvgIpc) is 3.15. The first-order valence-electron chi connectivity index (χ1n) is 9.01. The number of hydrogen-bond acceptors (Lipinski definition) is 5. The Kier molecular flexibility index (Phi) is 4.42. The SMILES string of the molecule is C[C@]12CCC(=O)N1[C@H](C(=O)OCC(=O)N1CCCc3ccccc31)CS2. The van der Waals surface area contributed by atoms with Crippen LogP contribution in [0, 0.1) is 0 Å². The lowest BCUT2D eigenvalue weighted by molar-refractivity contribution is -0.155. The number of thioether (sulfide) groups is 1. The highest BCUT2D eigenvalue weighted by Gasteiger charge is 2.53. The van der Waals surface area contributed by atoms with Crippen molar-refractivity contribution in [3.63, 3.8) is 0 Å². The van der Waals surface area contributed by atoms with Gasteiger partial charge in [0, 0.05) is 24.4 Å². The van der Waals surface area contributed by atoms with Gasteiger partial charge >= 0.3 is 5.97 Å². The van der Waals surface area contributed by atoms with Crippen LogP contribution in [0.15, 0.2) is 24.3 Å². The number of carbonyl (C=O) groups excluding carboxylic acids is 3. The van der Waals surface area contributed by atoms with Gasteiger partial charge in [-0.2, -0.15) is 0 Å². The van der Waals surface area contributed by atoms with Crippen molar-refractivity contribution in [2.24, 2.45) is 0 Å². The molecule has 2 atom stereocenters. The van der Waals surface area contributed by atoms with Crippen LogP contribution in [0.3, 0.4) is 0 Å². The molecule has 1 aromatic rings. The number of esters is 1. The fourth-order valence-corrected chi connectivity index (χ4v) is 5.51. The minimum atomic E-state index is -0.582. The number of anilines is 1. The maximum absolute atomic E-state index is 12.6. The van der Waals surface area contributed by atoms with Gasteiger partial charge in [-0.05, 0) is 37.8 Å². The number of aryl methyl sites for hydroxylation is 1. The fraction of sp³-hybridized carbons (Fsp3) is 0.526. The van der Waals surface area contributed by atoms with Gasteiger partial charge in [-0.3, -0.25) is 9.59 Å². The Morgan fingerprint density at radius 2 is 2.12 bits per heavy atom. The van der Waals surface area contributed by atoms with Gasteiger partial charge in [-0.15, -0.1) is 11.8 Å². The van der Waals surface area contributed by atoms with E-state index >= 15 is 0 Å². The van der Waals surface area contributed by atoms with Gasteiger partial charge in [0.15, 0.2) is 6.61 Å². The molecule has 6 nitrogen and oxygen atoms in total. The Morgan fingerprint density at radius 1 is 1.31 bits per heavy atom. The second kappa shape index (κ2) is 6.61. The van der Waals surface area contributed by atoms with E-state index in [1.807, 2.05) is 31.2 Å². The number of para-hydroxylation sites is 1. The fourth-order valence-electron chi connectivity index (χ4n) is 4.09. The van der Waals surface area contributed by atoms with Crippen LogP contribution < -0.4 is 4.90 Å². The standard InChI is InChI=1S/C19H22N2O4S/c1-19-9-8-16(22)21(19)15(12-26-19)18(24)25-11-17(23)20-10-4-6-13-5-2-3-7-14(13)20/h2-3,5,7,15H,4,6,8-12H2,1H3/t15-,19-/m0/s1. The molecule has 2 fully saturated rings. The molecule has 138 valence electrons. The van der Waals surface area contributed by atoms with Crippen LogP contribution in [0.2, 0.25) is 0 Å². The maximum atomic E-state index is 12.6. The van der Waals surface area contributed by atoms with Crippen LogP contribution >= 0.6 is 11.8 Å². The summed E-state index contributed by atoms with van der Waals surface area (Å²) in [4.78, 5) is 40.3. The lowest BCUT2D eigenvalue weighted by Crippen LogP contribution is -2.47. The van der Waals surface area contributed by atoms with E-state index in [1.165, 1.54) is 0 Å². The molecule has 0 saturated carbocycles. The number of hydrogen-bond donors (Lipinski definition) is 0. The molecule has 0 unspecified atom stereocenters. The second-order valence-corrected chi connectivity index (χ2v) is 8.65. The summed E-state index contributed by atoms with van der Waals surface area (Å²) in [5.41, 5.74) is 2.04. The normalized spacial score (nSPS) is 27.3. The number of rotatable bonds is 3. The molecule has 2 saturated heterocycles. The van der Waals surface area contributed by atoms with E-state index in [0.717, 1.165) is 30.5 Å². The highest BCUT2D eigenvalue weighted by molar-refractivity contribution is 8.01. The van der Waals surface area contributed by atoms with Crippen LogP contribution in [0.25, 0.3) is 0 Å². The van der Waals surface area contributed by atoms with Crippen molar-refractivity contribution >= 4 is 35.2 Å². The lowest BCUT2D eigenvalue weighted by atomic mass is 10.0. The third-order valence-electron chi connectivity index (χ3n) is 5.47. The monoisotopic (exact) mass is 374 g/mol. The van der Waals surface area contributed by atoms with Gasteiger partial charge in [-0.25, -0.2) is 4.79 Å². The van der Waals surface area contributed by atoms with Gasteiger partial charge < -0.3 is 14.5 Å². The summed E-state index contributed by atoms with van der Waals surface area (Å²) in [5.74, 6) is -0.167. The third-order valence-corrected chi connectivity index (χ3v) is 6.97. The molecule has 0 bridgehead atoms. The summed E-state index contributed by atoms with van der Waals surface area (Å²) < 4.78 is 5.32. The first kappa shape index (κ1) is 17.4. The van der Waals surface area contributed by atoms with Crippen LogP contribution in [-0.2, 0) is 25.5 Å². The molecule has 2 amide bonds. The molecule has 0 aromatic heterocycles. The summed E-state index contributed by atoms with van der Waals surface area (Å²) >= 11 is 1.62. The zero-order valence-electron chi connectivity index (χ0n) is 14.8. The van der Waals surface area contributed by atoms with E-state index in [-0.39, 0.29) is 23.3 Å². The van der Waals surface area contributed by atoms with Crippen molar-refractivity contribution < 1.29 is 19.1 Å². The highest BCUT2D eigenvalue weighted by Crippen LogP contribution is 2.47. The quantitative estimate of drug-likeness (QED) is 0.757. The van der Waals surface area contributed by atoms with E-state index in [1.54, 1.807) is 21.6 Å².